The summed E-state index contributed by atoms with van der Waals surface area (Å²) in [6, 6.07) is 0. The molecule has 0 aromatic heterocycles. The number of rotatable bonds is 4. The van der Waals surface area contributed by atoms with Gasteiger partial charge in [-0.3, -0.25) is 9.59 Å². The molecule has 5 heteroatoms. The Morgan fingerprint density at radius 3 is 2.53 bits per heavy atom. The first kappa shape index (κ1) is 14.0. The van der Waals surface area contributed by atoms with Crippen molar-refractivity contribution in [3.05, 3.63) is 0 Å². The highest BCUT2D eigenvalue weighted by atomic mass is 16.6. The molecule has 0 aromatic carbocycles. The fraction of sp³-hybridized carbons (Fsp3) is 0.833. The molecule has 2 atom stereocenters. The Morgan fingerprint density at radius 2 is 2.06 bits per heavy atom. The summed E-state index contributed by atoms with van der Waals surface area (Å²) in [5.41, 5.74) is -0.475. The Labute approximate surface area is 101 Å². The third-order valence-corrected chi connectivity index (χ3v) is 2.52. The Kier molecular flexibility index (Phi) is 4.51. The van der Waals surface area contributed by atoms with Crippen molar-refractivity contribution < 1.29 is 24.2 Å². The molecule has 0 aliphatic carbocycles. The van der Waals surface area contributed by atoms with Crippen molar-refractivity contribution in [2.75, 3.05) is 6.61 Å². The number of carboxylic acids is 1. The maximum atomic E-state index is 11.4. The molecule has 0 unspecified atom stereocenters. The van der Waals surface area contributed by atoms with Gasteiger partial charge in [-0.15, -0.1) is 0 Å². The van der Waals surface area contributed by atoms with Crippen LogP contribution in [0.4, 0.5) is 0 Å². The van der Waals surface area contributed by atoms with Crippen LogP contribution in [0.15, 0.2) is 0 Å². The van der Waals surface area contributed by atoms with Crippen LogP contribution < -0.4 is 0 Å². The molecule has 17 heavy (non-hydrogen) atoms. The van der Waals surface area contributed by atoms with E-state index >= 15 is 0 Å². The molecule has 1 rings (SSSR count). The molecule has 5 nitrogen and oxygen atoms in total. The summed E-state index contributed by atoms with van der Waals surface area (Å²) in [5, 5.41) is 8.79. The van der Waals surface area contributed by atoms with Gasteiger partial charge in [-0.2, -0.15) is 0 Å². The maximum Gasteiger partial charge on any atom is 0.308 e. The minimum Gasteiger partial charge on any atom is -0.481 e. The first-order valence-electron chi connectivity index (χ1n) is 5.84. The molecule has 0 bridgehead atoms. The van der Waals surface area contributed by atoms with Gasteiger partial charge in [0.05, 0.1) is 18.6 Å². The third kappa shape index (κ3) is 5.17. The second kappa shape index (κ2) is 5.49. The van der Waals surface area contributed by atoms with Crippen LogP contribution in [0.3, 0.4) is 0 Å². The van der Waals surface area contributed by atoms with Gasteiger partial charge in [-0.25, -0.2) is 0 Å². The van der Waals surface area contributed by atoms with Crippen molar-refractivity contribution in [3.8, 4) is 0 Å². The molecular weight excluding hydrogens is 224 g/mol. The van der Waals surface area contributed by atoms with Gasteiger partial charge in [-0.05, 0) is 33.6 Å². The minimum atomic E-state index is -0.829. The van der Waals surface area contributed by atoms with E-state index in [-0.39, 0.29) is 25.1 Å². The number of carboxylic acid groups (broad SMARTS) is 1. The summed E-state index contributed by atoms with van der Waals surface area (Å²) < 4.78 is 10.5. The number of hydrogen-bond acceptors (Lipinski definition) is 4. The lowest BCUT2D eigenvalue weighted by Crippen LogP contribution is -2.24. The fourth-order valence-corrected chi connectivity index (χ4v) is 1.75. The topological polar surface area (TPSA) is 72.8 Å². The van der Waals surface area contributed by atoms with E-state index in [2.05, 4.69) is 0 Å². The first-order valence-corrected chi connectivity index (χ1v) is 5.84. The van der Waals surface area contributed by atoms with Crippen LogP contribution >= 0.6 is 0 Å². The van der Waals surface area contributed by atoms with Crippen molar-refractivity contribution in [2.45, 2.75) is 51.7 Å². The van der Waals surface area contributed by atoms with E-state index in [1.54, 1.807) is 0 Å². The summed E-state index contributed by atoms with van der Waals surface area (Å²) in [5.74, 6) is -1.52. The number of aliphatic carboxylic acids is 1. The number of ether oxygens (including phenoxy) is 2. The molecule has 1 aliphatic heterocycles. The SMILES string of the molecule is CC(C)(C)OC(=O)CC[C@H]1C[C@@H](C(=O)O)CO1. The van der Waals surface area contributed by atoms with Gasteiger partial charge in [0.2, 0.25) is 0 Å². The normalized spacial score (nSPS) is 24.6. The van der Waals surface area contributed by atoms with Crippen molar-refractivity contribution in [2.24, 2.45) is 5.92 Å². The van der Waals surface area contributed by atoms with Gasteiger partial charge in [0.15, 0.2) is 0 Å². The molecule has 0 saturated carbocycles. The van der Waals surface area contributed by atoms with Crippen LogP contribution in [0.1, 0.15) is 40.0 Å². The number of hydrogen-bond donors (Lipinski definition) is 1. The number of carbonyl (C=O) groups excluding carboxylic acids is 1. The lowest BCUT2D eigenvalue weighted by atomic mass is 10.0. The largest absolute Gasteiger partial charge is 0.481 e. The number of esters is 1. The van der Waals surface area contributed by atoms with E-state index in [4.69, 9.17) is 14.6 Å². The number of carbonyl (C=O) groups is 2. The van der Waals surface area contributed by atoms with Gasteiger partial charge in [0.25, 0.3) is 0 Å². The van der Waals surface area contributed by atoms with E-state index in [9.17, 15) is 9.59 Å². The van der Waals surface area contributed by atoms with Gasteiger partial charge < -0.3 is 14.6 Å². The van der Waals surface area contributed by atoms with E-state index in [1.807, 2.05) is 20.8 Å². The van der Waals surface area contributed by atoms with E-state index in [0.29, 0.717) is 12.8 Å². The lowest BCUT2D eigenvalue weighted by molar-refractivity contribution is -0.155. The summed E-state index contributed by atoms with van der Waals surface area (Å²) in [6.07, 6.45) is 1.15. The van der Waals surface area contributed by atoms with E-state index in [0.717, 1.165) is 0 Å². The first-order chi connectivity index (χ1) is 7.78. The molecule has 1 heterocycles. The highest BCUT2D eigenvalue weighted by molar-refractivity contribution is 5.71. The Bertz CT molecular complexity index is 292. The molecule has 1 aliphatic rings. The second-order valence-corrected chi connectivity index (χ2v) is 5.35. The van der Waals surface area contributed by atoms with Crippen molar-refractivity contribution in [3.63, 3.8) is 0 Å². The van der Waals surface area contributed by atoms with Crippen LogP contribution in [-0.2, 0) is 19.1 Å². The zero-order valence-corrected chi connectivity index (χ0v) is 10.6. The molecule has 0 amide bonds. The van der Waals surface area contributed by atoms with Gasteiger partial charge in [-0.1, -0.05) is 0 Å². The molecule has 0 spiro atoms. The Morgan fingerprint density at radius 1 is 1.41 bits per heavy atom. The maximum absolute atomic E-state index is 11.4. The standard InChI is InChI=1S/C12H20O5/c1-12(2,3)17-10(13)5-4-9-6-8(7-16-9)11(14)15/h8-9H,4-7H2,1-3H3,(H,14,15)/t8-,9+/m1/s1. The fourth-order valence-electron chi connectivity index (χ4n) is 1.75. The van der Waals surface area contributed by atoms with Crippen molar-refractivity contribution in [1.29, 1.82) is 0 Å². The van der Waals surface area contributed by atoms with Crippen molar-refractivity contribution in [1.82, 2.24) is 0 Å². The minimum absolute atomic E-state index is 0.136. The monoisotopic (exact) mass is 244 g/mol. The quantitative estimate of drug-likeness (QED) is 0.760. The summed E-state index contributed by atoms with van der Waals surface area (Å²) >= 11 is 0. The molecule has 1 fully saturated rings. The van der Waals surface area contributed by atoms with Gasteiger partial charge in [0, 0.05) is 6.42 Å². The predicted octanol–water partition coefficient (Wildman–Crippen LogP) is 1.60. The van der Waals surface area contributed by atoms with E-state index in [1.165, 1.54) is 0 Å². The van der Waals surface area contributed by atoms with E-state index < -0.39 is 17.5 Å². The third-order valence-electron chi connectivity index (χ3n) is 2.52. The average molecular weight is 244 g/mol. The van der Waals surface area contributed by atoms with Crippen LogP contribution in [0, 0.1) is 5.92 Å². The Hall–Kier alpha value is -1.10. The predicted molar refractivity (Wildman–Crippen MR) is 60.6 cm³/mol. The summed E-state index contributed by atoms with van der Waals surface area (Å²) in [4.78, 5) is 22.1. The van der Waals surface area contributed by atoms with Gasteiger partial charge in [0.1, 0.15) is 5.60 Å². The second-order valence-electron chi connectivity index (χ2n) is 5.35. The van der Waals surface area contributed by atoms with Crippen LogP contribution in [0.2, 0.25) is 0 Å². The highest BCUT2D eigenvalue weighted by Gasteiger charge is 2.31. The Balaban J connectivity index is 2.24. The zero-order valence-electron chi connectivity index (χ0n) is 10.6. The van der Waals surface area contributed by atoms with Crippen LogP contribution in [0.5, 0.6) is 0 Å². The smallest absolute Gasteiger partial charge is 0.308 e. The summed E-state index contributed by atoms with van der Waals surface area (Å²) in [6.45, 7) is 5.70. The zero-order chi connectivity index (χ0) is 13.1. The van der Waals surface area contributed by atoms with Crippen molar-refractivity contribution >= 4 is 11.9 Å². The highest BCUT2D eigenvalue weighted by Crippen LogP contribution is 2.23. The van der Waals surface area contributed by atoms with Crippen LogP contribution in [0.25, 0.3) is 0 Å². The van der Waals surface area contributed by atoms with Crippen LogP contribution in [-0.4, -0.2) is 35.4 Å². The molecule has 98 valence electrons. The molecule has 1 saturated heterocycles. The molecule has 1 N–H and O–H groups in total. The summed E-state index contributed by atoms with van der Waals surface area (Å²) in [7, 11) is 0. The lowest BCUT2D eigenvalue weighted by Gasteiger charge is -2.20. The molecule has 0 aromatic rings. The van der Waals surface area contributed by atoms with Gasteiger partial charge >= 0.3 is 11.9 Å². The molecule has 0 radical (unpaired) electrons. The average Bonchev–Trinajstić information content (AvgIpc) is 2.60. The molecular formula is C12H20O5.